The second kappa shape index (κ2) is 6.22. The zero-order valence-electron chi connectivity index (χ0n) is 12.0. The van der Waals surface area contributed by atoms with Gasteiger partial charge in [-0.25, -0.2) is 4.39 Å². The van der Waals surface area contributed by atoms with E-state index in [1.807, 2.05) is 14.0 Å². The fourth-order valence-electron chi connectivity index (χ4n) is 2.69. The number of nitrogens with one attached hydrogen (secondary N) is 1. The Balaban J connectivity index is 2.01. The maximum atomic E-state index is 13.6. The molecule has 1 fully saturated rings. The molecule has 0 bridgehead atoms. The number of nitrogens with two attached hydrogens (primary N) is 1. The molecule has 0 radical (unpaired) electrons. The van der Waals surface area contributed by atoms with Crippen LogP contribution in [0, 0.1) is 5.82 Å². The molecule has 1 aliphatic carbocycles. The molecule has 1 aromatic rings. The van der Waals surface area contributed by atoms with Crippen molar-refractivity contribution in [1.29, 1.82) is 0 Å². The number of nitrogens with zero attached hydrogens (tertiary/aromatic N) is 1. The maximum Gasteiger partial charge on any atom is 0.241 e. The van der Waals surface area contributed by atoms with Crippen molar-refractivity contribution in [3.63, 3.8) is 0 Å². The second-order valence-electron chi connectivity index (χ2n) is 5.51. The summed E-state index contributed by atoms with van der Waals surface area (Å²) in [5, 5.41) is 2.62. The van der Waals surface area contributed by atoms with Gasteiger partial charge < -0.3 is 11.1 Å². The molecule has 20 heavy (non-hydrogen) atoms. The van der Waals surface area contributed by atoms with Crippen molar-refractivity contribution in [3.8, 4) is 0 Å². The molecule has 1 unspecified atom stereocenters. The van der Waals surface area contributed by atoms with Gasteiger partial charge in [-0.15, -0.1) is 0 Å². The molecule has 3 N–H and O–H groups in total. The summed E-state index contributed by atoms with van der Waals surface area (Å²) >= 11 is 0. The van der Waals surface area contributed by atoms with Crippen molar-refractivity contribution in [1.82, 2.24) is 4.90 Å². The van der Waals surface area contributed by atoms with Crippen LogP contribution < -0.4 is 11.1 Å². The topological polar surface area (TPSA) is 58.4 Å². The molecule has 1 aromatic carbocycles. The number of rotatable bonds is 4. The normalized spacial score (nSPS) is 17.4. The lowest BCUT2D eigenvalue weighted by Crippen LogP contribution is -2.44. The molecule has 2 rings (SSSR count). The van der Waals surface area contributed by atoms with E-state index in [2.05, 4.69) is 10.2 Å². The van der Waals surface area contributed by atoms with Gasteiger partial charge in [0.15, 0.2) is 0 Å². The molecule has 4 nitrogen and oxygen atoms in total. The van der Waals surface area contributed by atoms with E-state index in [0.29, 0.717) is 11.7 Å². The summed E-state index contributed by atoms with van der Waals surface area (Å²) in [6, 6.07) is 4.32. The molecule has 0 spiro atoms. The van der Waals surface area contributed by atoms with Crippen LogP contribution in [0.25, 0.3) is 0 Å². The van der Waals surface area contributed by atoms with Crippen LogP contribution in [0.2, 0.25) is 0 Å². The van der Waals surface area contributed by atoms with Gasteiger partial charge in [0.1, 0.15) is 5.82 Å². The van der Waals surface area contributed by atoms with Gasteiger partial charge in [0.2, 0.25) is 5.91 Å². The molecule has 0 aromatic heterocycles. The van der Waals surface area contributed by atoms with Crippen LogP contribution in [0.5, 0.6) is 0 Å². The van der Waals surface area contributed by atoms with Crippen LogP contribution in [0.1, 0.15) is 32.6 Å². The van der Waals surface area contributed by atoms with Gasteiger partial charge in [-0.2, -0.15) is 0 Å². The maximum absolute atomic E-state index is 13.6. The Labute approximate surface area is 119 Å². The number of amides is 1. The smallest absolute Gasteiger partial charge is 0.241 e. The van der Waals surface area contributed by atoms with E-state index < -0.39 is 5.82 Å². The number of halogens is 1. The number of benzene rings is 1. The Morgan fingerprint density at radius 3 is 2.75 bits per heavy atom. The first-order valence-corrected chi connectivity index (χ1v) is 7.07. The first-order chi connectivity index (χ1) is 9.49. The van der Waals surface area contributed by atoms with Gasteiger partial charge in [-0.1, -0.05) is 12.8 Å². The molecule has 1 amide bonds. The van der Waals surface area contributed by atoms with Crippen LogP contribution in [-0.2, 0) is 4.79 Å². The Morgan fingerprint density at radius 2 is 2.10 bits per heavy atom. The zero-order chi connectivity index (χ0) is 14.7. The average Bonchev–Trinajstić information content (AvgIpc) is 2.95. The first kappa shape index (κ1) is 14.8. The lowest BCUT2D eigenvalue weighted by atomic mass is 10.1. The Bertz CT molecular complexity index is 486. The number of anilines is 2. The summed E-state index contributed by atoms with van der Waals surface area (Å²) in [5.41, 5.74) is 6.18. The number of hydrogen-bond acceptors (Lipinski definition) is 3. The summed E-state index contributed by atoms with van der Waals surface area (Å²) in [5.74, 6) is -0.674. The monoisotopic (exact) mass is 279 g/mol. The molecule has 1 atom stereocenters. The minimum absolute atomic E-state index is 0.140. The van der Waals surface area contributed by atoms with Crippen LogP contribution in [0.15, 0.2) is 18.2 Å². The fourth-order valence-corrected chi connectivity index (χ4v) is 2.69. The number of likely N-dealkylation sites (N-methyl/N-ethyl adjacent to an activating group) is 1. The van der Waals surface area contributed by atoms with E-state index in [-0.39, 0.29) is 17.6 Å². The standard InChI is InChI=1S/C15H22FN3O/c1-10(19(2)12-5-3-4-6-12)15(20)18-14-9-11(17)7-8-13(14)16/h7-10,12H,3-6,17H2,1-2H3,(H,18,20). The summed E-state index contributed by atoms with van der Waals surface area (Å²) in [4.78, 5) is 14.3. The van der Waals surface area contributed by atoms with E-state index in [9.17, 15) is 9.18 Å². The largest absolute Gasteiger partial charge is 0.399 e. The van der Waals surface area contributed by atoms with Crippen molar-refractivity contribution in [2.24, 2.45) is 0 Å². The summed E-state index contributed by atoms with van der Waals surface area (Å²) in [6.45, 7) is 1.85. The number of carbonyl (C=O) groups is 1. The minimum Gasteiger partial charge on any atom is -0.399 e. The van der Waals surface area contributed by atoms with Crippen LogP contribution >= 0.6 is 0 Å². The van der Waals surface area contributed by atoms with Crippen molar-refractivity contribution in [3.05, 3.63) is 24.0 Å². The van der Waals surface area contributed by atoms with Crippen LogP contribution in [-0.4, -0.2) is 29.9 Å². The van der Waals surface area contributed by atoms with Crippen molar-refractivity contribution in [2.75, 3.05) is 18.1 Å². The molecule has 110 valence electrons. The minimum atomic E-state index is -0.469. The first-order valence-electron chi connectivity index (χ1n) is 7.07. The third-order valence-electron chi connectivity index (χ3n) is 4.14. The SMILES string of the molecule is CC(C(=O)Nc1cc(N)ccc1F)N(C)C1CCCC1. The predicted octanol–water partition coefficient (Wildman–Crippen LogP) is 2.61. The average molecular weight is 279 g/mol. The van der Waals surface area contributed by atoms with E-state index in [1.165, 1.54) is 31.0 Å². The highest BCUT2D eigenvalue weighted by atomic mass is 19.1. The van der Waals surface area contributed by atoms with Gasteiger partial charge in [-0.05, 0) is 45.0 Å². The Morgan fingerprint density at radius 1 is 1.45 bits per heavy atom. The van der Waals surface area contributed by atoms with Crippen LogP contribution in [0.4, 0.5) is 15.8 Å². The number of nitrogen functional groups attached to an aromatic ring is 1. The Hall–Kier alpha value is -1.62. The number of carbonyl (C=O) groups excluding carboxylic acids is 1. The van der Waals surface area contributed by atoms with Crippen molar-refractivity contribution >= 4 is 17.3 Å². The van der Waals surface area contributed by atoms with Gasteiger partial charge in [0.05, 0.1) is 11.7 Å². The van der Waals surface area contributed by atoms with Gasteiger partial charge >= 0.3 is 0 Å². The van der Waals surface area contributed by atoms with Crippen molar-refractivity contribution in [2.45, 2.75) is 44.7 Å². The molecule has 1 aliphatic rings. The van der Waals surface area contributed by atoms with E-state index in [0.717, 1.165) is 12.8 Å². The molecule has 5 heteroatoms. The summed E-state index contributed by atoms with van der Waals surface area (Å²) in [6.07, 6.45) is 4.68. The summed E-state index contributed by atoms with van der Waals surface area (Å²) < 4.78 is 13.6. The third-order valence-corrected chi connectivity index (χ3v) is 4.14. The second-order valence-corrected chi connectivity index (χ2v) is 5.51. The number of hydrogen-bond donors (Lipinski definition) is 2. The molecule has 0 aliphatic heterocycles. The van der Waals surface area contributed by atoms with Gasteiger partial charge in [0, 0.05) is 11.7 Å². The molecule has 0 saturated heterocycles. The highest BCUT2D eigenvalue weighted by Crippen LogP contribution is 2.24. The molecule has 0 heterocycles. The molecule has 1 saturated carbocycles. The summed E-state index contributed by atoms with van der Waals surface area (Å²) in [7, 11) is 1.95. The zero-order valence-corrected chi connectivity index (χ0v) is 12.0. The highest BCUT2D eigenvalue weighted by molar-refractivity contribution is 5.95. The molecular weight excluding hydrogens is 257 g/mol. The highest BCUT2D eigenvalue weighted by Gasteiger charge is 2.27. The van der Waals surface area contributed by atoms with Gasteiger partial charge in [0.25, 0.3) is 0 Å². The molecular formula is C15H22FN3O. The van der Waals surface area contributed by atoms with Crippen LogP contribution in [0.3, 0.4) is 0 Å². The fraction of sp³-hybridized carbons (Fsp3) is 0.533. The van der Waals surface area contributed by atoms with Gasteiger partial charge in [-0.3, -0.25) is 9.69 Å². The van der Waals surface area contributed by atoms with E-state index in [4.69, 9.17) is 5.73 Å². The predicted molar refractivity (Wildman–Crippen MR) is 78.9 cm³/mol. The quantitative estimate of drug-likeness (QED) is 0.833. The lowest BCUT2D eigenvalue weighted by Gasteiger charge is -2.29. The third kappa shape index (κ3) is 3.28. The van der Waals surface area contributed by atoms with E-state index >= 15 is 0 Å². The van der Waals surface area contributed by atoms with Crippen molar-refractivity contribution < 1.29 is 9.18 Å². The van der Waals surface area contributed by atoms with E-state index in [1.54, 1.807) is 0 Å². The lowest BCUT2D eigenvalue weighted by molar-refractivity contribution is -0.121. The Kier molecular flexibility index (Phi) is 4.60.